The minimum atomic E-state index is -3.01. The zero-order valence-corrected chi connectivity index (χ0v) is 8.91. The number of H-pyrrole nitrogens is 1. The van der Waals surface area contributed by atoms with Gasteiger partial charge >= 0.3 is 0 Å². The lowest BCUT2D eigenvalue weighted by atomic mass is 10.3. The number of carbonyl (C=O) groups is 1. The lowest BCUT2D eigenvalue weighted by molar-refractivity contribution is -0.116. The molecule has 8 nitrogen and oxygen atoms in total. The minimum absolute atomic E-state index is 0.00728. The summed E-state index contributed by atoms with van der Waals surface area (Å²) in [5.41, 5.74) is 0. The Morgan fingerprint density at radius 2 is 2.27 bits per heavy atom. The van der Waals surface area contributed by atoms with E-state index in [4.69, 9.17) is 0 Å². The summed E-state index contributed by atoms with van der Waals surface area (Å²) in [5, 5.41) is 14.8. The summed E-state index contributed by atoms with van der Waals surface area (Å²) < 4.78 is 21.5. The summed E-state index contributed by atoms with van der Waals surface area (Å²) in [4.78, 5) is 11.2. The number of nitrogens with zero attached hydrogens (tertiary/aromatic N) is 3. The van der Waals surface area contributed by atoms with E-state index in [9.17, 15) is 13.2 Å². The van der Waals surface area contributed by atoms with Crippen LogP contribution in [0.25, 0.3) is 0 Å². The van der Waals surface area contributed by atoms with Crippen LogP contribution in [0.5, 0.6) is 0 Å². The van der Waals surface area contributed by atoms with Gasteiger partial charge in [-0.1, -0.05) is 5.10 Å². The number of rotatable bonds is 5. The Morgan fingerprint density at radius 1 is 1.53 bits per heavy atom. The van der Waals surface area contributed by atoms with Crippen molar-refractivity contribution in [3.63, 3.8) is 0 Å². The molecule has 0 spiro atoms. The van der Waals surface area contributed by atoms with Crippen molar-refractivity contribution in [3.05, 3.63) is 0 Å². The standard InChI is InChI=1S/C6H11N5O3S/c1-15(13,14)4-2-3-5(12)7-6-8-10-11-9-6/h2-4H2,1H3,(H2,7,8,9,10,11,12). The molecule has 15 heavy (non-hydrogen) atoms. The number of anilines is 1. The molecule has 84 valence electrons. The molecule has 0 saturated heterocycles. The number of sulfone groups is 1. The number of nitrogens with one attached hydrogen (secondary N) is 2. The molecule has 1 heterocycles. The maximum absolute atomic E-state index is 11.2. The molecule has 0 aliphatic rings. The summed E-state index contributed by atoms with van der Waals surface area (Å²) in [6.07, 6.45) is 1.52. The number of hydrogen-bond acceptors (Lipinski definition) is 6. The predicted octanol–water partition coefficient (Wildman–Crippen LogP) is -1.04. The molecular weight excluding hydrogens is 222 g/mol. The second-order valence-corrected chi connectivity index (χ2v) is 5.28. The van der Waals surface area contributed by atoms with E-state index >= 15 is 0 Å². The van der Waals surface area contributed by atoms with Crippen LogP contribution in [-0.4, -0.2) is 47.0 Å². The third-order valence-electron chi connectivity index (χ3n) is 1.52. The van der Waals surface area contributed by atoms with E-state index < -0.39 is 9.84 Å². The van der Waals surface area contributed by atoms with Gasteiger partial charge in [-0.05, 0) is 11.6 Å². The summed E-state index contributed by atoms with van der Waals surface area (Å²) >= 11 is 0. The number of amides is 1. The molecule has 0 saturated carbocycles. The molecule has 0 radical (unpaired) electrons. The average molecular weight is 233 g/mol. The molecule has 9 heteroatoms. The number of carbonyl (C=O) groups excluding carboxylic acids is 1. The van der Waals surface area contributed by atoms with E-state index in [0.29, 0.717) is 0 Å². The Bertz CT molecular complexity index is 412. The maximum atomic E-state index is 11.2. The fourth-order valence-electron chi connectivity index (χ4n) is 0.897. The van der Waals surface area contributed by atoms with Crippen LogP contribution in [0.3, 0.4) is 0 Å². The molecular formula is C6H11N5O3S. The maximum Gasteiger partial charge on any atom is 0.269 e. The van der Waals surface area contributed by atoms with Crippen molar-refractivity contribution in [1.29, 1.82) is 0 Å². The van der Waals surface area contributed by atoms with Crippen LogP contribution in [0.2, 0.25) is 0 Å². The summed E-state index contributed by atoms with van der Waals surface area (Å²) in [7, 11) is -3.01. The lowest BCUT2D eigenvalue weighted by Crippen LogP contribution is -2.14. The van der Waals surface area contributed by atoms with Crippen LogP contribution >= 0.6 is 0 Å². The third kappa shape index (κ3) is 5.05. The molecule has 0 atom stereocenters. The normalized spacial score (nSPS) is 11.3. The van der Waals surface area contributed by atoms with E-state index in [2.05, 4.69) is 25.9 Å². The molecule has 0 bridgehead atoms. The highest BCUT2D eigenvalue weighted by atomic mass is 32.2. The van der Waals surface area contributed by atoms with Gasteiger partial charge in [-0.15, -0.1) is 5.10 Å². The van der Waals surface area contributed by atoms with Gasteiger partial charge in [0.2, 0.25) is 5.91 Å². The van der Waals surface area contributed by atoms with E-state index in [1.807, 2.05) is 0 Å². The fourth-order valence-corrected chi connectivity index (χ4v) is 1.57. The van der Waals surface area contributed by atoms with E-state index in [1.54, 1.807) is 0 Å². The number of aromatic amines is 1. The molecule has 2 N–H and O–H groups in total. The number of tetrazole rings is 1. The van der Waals surface area contributed by atoms with Crippen molar-refractivity contribution < 1.29 is 13.2 Å². The van der Waals surface area contributed by atoms with Gasteiger partial charge in [0.15, 0.2) is 0 Å². The molecule has 1 amide bonds. The van der Waals surface area contributed by atoms with E-state index in [0.717, 1.165) is 6.26 Å². The molecule has 1 rings (SSSR count). The Kier molecular flexibility index (Phi) is 3.72. The van der Waals surface area contributed by atoms with Gasteiger partial charge in [0.1, 0.15) is 9.84 Å². The molecule has 0 unspecified atom stereocenters. The third-order valence-corrected chi connectivity index (χ3v) is 2.55. The van der Waals surface area contributed by atoms with E-state index in [1.165, 1.54) is 0 Å². The first-order valence-electron chi connectivity index (χ1n) is 4.18. The molecule has 0 aliphatic carbocycles. The topological polar surface area (TPSA) is 118 Å². The fraction of sp³-hybridized carbons (Fsp3) is 0.667. The predicted molar refractivity (Wildman–Crippen MR) is 51.8 cm³/mol. The van der Waals surface area contributed by atoms with Crippen molar-refractivity contribution in [1.82, 2.24) is 20.6 Å². The van der Waals surface area contributed by atoms with Gasteiger partial charge < -0.3 is 0 Å². The lowest BCUT2D eigenvalue weighted by Gasteiger charge is -1.99. The van der Waals surface area contributed by atoms with Gasteiger partial charge in [-0.2, -0.15) is 5.21 Å². The summed E-state index contributed by atoms with van der Waals surface area (Å²) in [6.45, 7) is 0. The van der Waals surface area contributed by atoms with Crippen LogP contribution in [0.1, 0.15) is 12.8 Å². The van der Waals surface area contributed by atoms with Crippen molar-refractivity contribution in [2.24, 2.45) is 0 Å². The monoisotopic (exact) mass is 233 g/mol. The first kappa shape index (κ1) is 11.6. The molecule has 0 aromatic carbocycles. The summed E-state index contributed by atoms with van der Waals surface area (Å²) in [6, 6.07) is 0. The van der Waals surface area contributed by atoms with Crippen LogP contribution in [0.4, 0.5) is 5.95 Å². The Hall–Kier alpha value is -1.51. The average Bonchev–Trinajstić information content (AvgIpc) is 2.54. The first-order chi connectivity index (χ1) is 6.97. The molecule has 0 aliphatic heterocycles. The van der Waals surface area contributed by atoms with Gasteiger partial charge in [0.25, 0.3) is 5.95 Å². The number of hydrogen-bond donors (Lipinski definition) is 2. The largest absolute Gasteiger partial charge is 0.292 e. The summed E-state index contributed by atoms with van der Waals surface area (Å²) in [5.74, 6) is -0.258. The second-order valence-electron chi connectivity index (χ2n) is 3.02. The van der Waals surface area contributed by atoms with E-state index in [-0.39, 0.29) is 30.5 Å². The van der Waals surface area contributed by atoms with Crippen molar-refractivity contribution in [2.45, 2.75) is 12.8 Å². The highest BCUT2D eigenvalue weighted by Gasteiger charge is 2.07. The van der Waals surface area contributed by atoms with Crippen molar-refractivity contribution in [2.75, 3.05) is 17.3 Å². The Balaban J connectivity index is 2.26. The van der Waals surface area contributed by atoms with Gasteiger partial charge in [-0.3, -0.25) is 10.1 Å². The SMILES string of the molecule is CS(=O)(=O)CCCC(=O)Nc1nn[nH]n1. The number of aromatic nitrogens is 4. The molecule has 1 aromatic rings. The molecule has 1 aromatic heterocycles. The van der Waals surface area contributed by atoms with Crippen LogP contribution in [0.15, 0.2) is 0 Å². The van der Waals surface area contributed by atoms with Gasteiger partial charge in [0.05, 0.1) is 5.75 Å². The minimum Gasteiger partial charge on any atom is -0.292 e. The highest BCUT2D eigenvalue weighted by molar-refractivity contribution is 7.90. The first-order valence-corrected chi connectivity index (χ1v) is 6.24. The smallest absolute Gasteiger partial charge is 0.269 e. The highest BCUT2D eigenvalue weighted by Crippen LogP contribution is 1.98. The zero-order chi connectivity index (χ0) is 11.3. The Morgan fingerprint density at radius 3 is 2.80 bits per heavy atom. The van der Waals surface area contributed by atoms with Crippen LogP contribution in [-0.2, 0) is 14.6 Å². The van der Waals surface area contributed by atoms with Gasteiger partial charge in [-0.25, -0.2) is 8.42 Å². The molecule has 0 fully saturated rings. The van der Waals surface area contributed by atoms with Crippen LogP contribution < -0.4 is 5.32 Å². The van der Waals surface area contributed by atoms with Gasteiger partial charge in [0, 0.05) is 12.7 Å². The Labute approximate surface area is 86.4 Å². The van der Waals surface area contributed by atoms with Crippen molar-refractivity contribution in [3.8, 4) is 0 Å². The van der Waals surface area contributed by atoms with Crippen molar-refractivity contribution >= 4 is 21.7 Å². The quantitative estimate of drug-likeness (QED) is 0.671. The zero-order valence-electron chi connectivity index (χ0n) is 8.10. The second kappa shape index (κ2) is 4.82. The van der Waals surface area contributed by atoms with Crippen LogP contribution in [0, 0.1) is 0 Å².